The Kier molecular flexibility index (Phi) is 4.57. The molecule has 11 heteroatoms. The van der Waals surface area contributed by atoms with Crippen molar-refractivity contribution < 1.29 is 35.8 Å². The fraction of sp³-hybridized carbons (Fsp3) is 0.250. The Morgan fingerprint density at radius 2 is 2.00 bits per heavy atom. The van der Waals surface area contributed by atoms with E-state index in [1.165, 1.54) is 12.3 Å². The lowest BCUT2D eigenvalue weighted by Gasteiger charge is -2.16. The van der Waals surface area contributed by atoms with E-state index in [1.807, 2.05) is 0 Å². The molecule has 6 nitrogen and oxygen atoms in total. The zero-order valence-electron chi connectivity index (χ0n) is 13.2. The van der Waals surface area contributed by atoms with Crippen LogP contribution in [0.5, 0.6) is 11.5 Å². The number of ether oxygens (including phenoxy) is 1. The molecule has 27 heavy (non-hydrogen) atoms. The second-order valence-electron chi connectivity index (χ2n) is 5.68. The summed E-state index contributed by atoms with van der Waals surface area (Å²) in [5.41, 5.74) is -1.78. The molecule has 2 atom stereocenters. The maximum Gasteiger partial charge on any atom is 0.312 e. The number of pyridine rings is 1. The quantitative estimate of drug-likeness (QED) is 0.789. The molecule has 1 heterocycles. The number of fused-ring (bicyclic) bond motifs is 1. The third-order valence-electron chi connectivity index (χ3n) is 3.99. The van der Waals surface area contributed by atoms with Gasteiger partial charge in [0.2, 0.25) is 9.84 Å². The smallest absolute Gasteiger partial charge is 0.312 e. The van der Waals surface area contributed by atoms with E-state index in [0.717, 1.165) is 18.3 Å². The molecule has 0 amide bonds. The van der Waals surface area contributed by atoms with Crippen LogP contribution in [0.3, 0.4) is 0 Å². The standard InChI is InChI=1S/C16H10F4N2O4S/c17-7-27(24,25)11-2-1-10(26-9-3-8(4-21)5-22-6-9)12-13(11)15(23)16(19,20)14(12)18/h1-3,5-6,14-15,23H,7H2. The van der Waals surface area contributed by atoms with Gasteiger partial charge in [0.15, 0.2) is 12.2 Å². The number of benzene rings is 1. The van der Waals surface area contributed by atoms with Gasteiger partial charge < -0.3 is 9.84 Å². The van der Waals surface area contributed by atoms with Crippen LogP contribution in [-0.4, -0.2) is 30.4 Å². The van der Waals surface area contributed by atoms with Gasteiger partial charge in [-0.1, -0.05) is 0 Å². The topological polar surface area (TPSA) is 100 Å². The van der Waals surface area contributed by atoms with Gasteiger partial charge in [-0.25, -0.2) is 17.2 Å². The summed E-state index contributed by atoms with van der Waals surface area (Å²) >= 11 is 0. The normalized spacial score (nSPS) is 20.7. The van der Waals surface area contributed by atoms with Crippen LogP contribution in [0.4, 0.5) is 17.6 Å². The Morgan fingerprint density at radius 1 is 1.30 bits per heavy atom. The van der Waals surface area contributed by atoms with E-state index in [9.17, 15) is 31.1 Å². The minimum atomic E-state index is -4.67. The number of hydrogen-bond acceptors (Lipinski definition) is 6. The van der Waals surface area contributed by atoms with Crippen molar-refractivity contribution in [1.82, 2.24) is 4.98 Å². The Balaban J connectivity index is 2.20. The second kappa shape index (κ2) is 6.47. The molecule has 0 saturated carbocycles. The van der Waals surface area contributed by atoms with Gasteiger partial charge in [-0.2, -0.15) is 14.0 Å². The summed E-state index contributed by atoms with van der Waals surface area (Å²) in [6.45, 7) is 0. The Morgan fingerprint density at radius 3 is 2.63 bits per heavy atom. The van der Waals surface area contributed by atoms with Crippen LogP contribution in [0.15, 0.2) is 35.5 Å². The first-order valence-electron chi connectivity index (χ1n) is 7.32. The van der Waals surface area contributed by atoms with E-state index in [2.05, 4.69) is 4.98 Å². The van der Waals surface area contributed by atoms with Crippen molar-refractivity contribution >= 4 is 9.84 Å². The Bertz CT molecular complexity index is 1050. The van der Waals surface area contributed by atoms with Crippen LogP contribution in [0.1, 0.15) is 29.0 Å². The van der Waals surface area contributed by atoms with Crippen LogP contribution in [0.25, 0.3) is 0 Å². The molecular weight excluding hydrogens is 392 g/mol. The molecule has 1 aromatic heterocycles. The van der Waals surface area contributed by atoms with E-state index in [1.54, 1.807) is 6.07 Å². The van der Waals surface area contributed by atoms with E-state index in [4.69, 9.17) is 10.00 Å². The van der Waals surface area contributed by atoms with Crippen molar-refractivity contribution in [3.05, 3.63) is 47.3 Å². The minimum Gasteiger partial charge on any atom is -0.455 e. The molecule has 0 saturated heterocycles. The van der Waals surface area contributed by atoms with E-state index in [-0.39, 0.29) is 11.3 Å². The predicted molar refractivity (Wildman–Crippen MR) is 82.4 cm³/mol. The summed E-state index contributed by atoms with van der Waals surface area (Å²) in [7, 11) is -4.67. The molecule has 0 fully saturated rings. The van der Waals surface area contributed by atoms with Gasteiger partial charge in [-0.3, -0.25) is 4.98 Å². The van der Waals surface area contributed by atoms with E-state index >= 15 is 0 Å². The molecule has 1 aliphatic rings. The molecule has 142 valence electrons. The summed E-state index contributed by atoms with van der Waals surface area (Å²) in [4.78, 5) is 2.75. The molecule has 1 N–H and O–H groups in total. The molecular formula is C16H10F4N2O4S. The van der Waals surface area contributed by atoms with Crippen LogP contribution < -0.4 is 4.74 Å². The molecule has 0 radical (unpaired) electrons. The van der Waals surface area contributed by atoms with Crippen molar-refractivity contribution in [1.29, 1.82) is 5.26 Å². The first-order valence-corrected chi connectivity index (χ1v) is 8.97. The number of alkyl halides is 4. The number of aliphatic hydroxyl groups is 1. The third kappa shape index (κ3) is 3.00. The monoisotopic (exact) mass is 402 g/mol. The summed E-state index contributed by atoms with van der Waals surface area (Å²) in [5.74, 6) is -4.95. The highest BCUT2D eigenvalue weighted by Gasteiger charge is 2.59. The fourth-order valence-corrected chi connectivity index (χ4v) is 3.69. The Hall–Kier alpha value is -2.71. The highest BCUT2D eigenvalue weighted by Crippen LogP contribution is 2.57. The maximum atomic E-state index is 14.4. The fourth-order valence-electron chi connectivity index (χ4n) is 2.75. The lowest BCUT2D eigenvalue weighted by atomic mass is 10.1. The van der Waals surface area contributed by atoms with Crippen molar-refractivity contribution in [3.63, 3.8) is 0 Å². The first-order chi connectivity index (χ1) is 12.6. The van der Waals surface area contributed by atoms with E-state index in [0.29, 0.717) is 0 Å². The van der Waals surface area contributed by atoms with Gasteiger partial charge in [-0.05, 0) is 12.1 Å². The number of halogens is 4. The van der Waals surface area contributed by atoms with Crippen LogP contribution in [-0.2, 0) is 9.84 Å². The average Bonchev–Trinajstić information content (AvgIpc) is 2.83. The number of nitriles is 1. The average molecular weight is 402 g/mol. The predicted octanol–water partition coefficient (Wildman–Crippen LogP) is 3.14. The van der Waals surface area contributed by atoms with Crippen molar-refractivity contribution in [2.45, 2.75) is 23.1 Å². The molecule has 0 aliphatic heterocycles. The van der Waals surface area contributed by atoms with Crippen LogP contribution >= 0.6 is 0 Å². The lowest BCUT2D eigenvalue weighted by molar-refractivity contribution is -0.143. The largest absolute Gasteiger partial charge is 0.455 e. The van der Waals surface area contributed by atoms with Gasteiger partial charge >= 0.3 is 5.92 Å². The lowest BCUT2D eigenvalue weighted by Crippen LogP contribution is -2.24. The number of nitrogens with zero attached hydrogens (tertiary/aromatic N) is 2. The maximum absolute atomic E-state index is 14.4. The number of rotatable bonds is 4. The minimum absolute atomic E-state index is 0.0722. The van der Waals surface area contributed by atoms with Crippen molar-refractivity contribution in [2.75, 3.05) is 6.01 Å². The summed E-state index contributed by atoms with van der Waals surface area (Å²) in [6, 6.07) is 2.68. The van der Waals surface area contributed by atoms with Gasteiger partial charge in [0.05, 0.1) is 16.7 Å². The molecule has 1 aliphatic carbocycles. The van der Waals surface area contributed by atoms with Gasteiger partial charge in [0, 0.05) is 23.4 Å². The zero-order chi connectivity index (χ0) is 20.0. The summed E-state index contributed by atoms with van der Waals surface area (Å²) in [5, 5.41) is 18.6. The van der Waals surface area contributed by atoms with Gasteiger partial charge in [0.25, 0.3) is 0 Å². The number of aliphatic hydroxyl groups excluding tert-OH is 1. The van der Waals surface area contributed by atoms with Crippen molar-refractivity contribution in [3.8, 4) is 17.6 Å². The zero-order valence-corrected chi connectivity index (χ0v) is 14.1. The molecule has 2 unspecified atom stereocenters. The molecule has 3 rings (SSSR count). The van der Waals surface area contributed by atoms with E-state index < -0.39 is 55.8 Å². The highest BCUT2D eigenvalue weighted by atomic mass is 32.2. The van der Waals surface area contributed by atoms with Crippen LogP contribution in [0.2, 0.25) is 0 Å². The van der Waals surface area contributed by atoms with Crippen LogP contribution in [0, 0.1) is 11.3 Å². The summed E-state index contributed by atoms with van der Waals surface area (Å²) in [6.07, 6.45) is -3.56. The number of aromatic nitrogens is 1. The highest BCUT2D eigenvalue weighted by molar-refractivity contribution is 7.91. The molecule has 2 aromatic rings. The first kappa shape index (κ1) is 19.1. The second-order valence-corrected chi connectivity index (χ2v) is 7.56. The molecule has 1 aromatic carbocycles. The summed E-state index contributed by atoms with van der Waals surface area (Å²) < 4.78 is 84.2. The molecule has 0 spiro atoms. The van der Waals surface area contributed by atoms with Crippen molar-refractivity contribution in [2.24, 2.45) is 0 Å². The SMILES string of the molecule is N#Cc1cncc(Oc2ccc(S(=O)(=O)CF)c3c2C(F)C(F)(F)C3O)c1. The van der Waals surface area contributed by atoms with Gasteiger partial charge in [-0.15, -0.1) is 0 Å². The Labute approximate surface area is 150 Å². The van der Waals surface area contributed by atoms with Gasteiger partial charge in [0.1, 0.15) is 23.7 Å². The molecule has 0 bridgehead atoms. The number of hydrogen-bond donors (Lipinski definition) is 1. The number of sulfone groups is 1. The third-order valence-corrected chi connectivity index (χ3v) is 5.30.